The summed E-state index contributed by atoms with van der Waals surface area (Å²) in [6.45, 7) is 4.99. The Morgan fingerprint density at radius 1 is 1.09 bits per heavy atom. The molecule has 34 heavy (non-hydrogen) atoms. The predicted molar refractivity (Wildman–Crippen MR) is 128 cm³/mol. The second kappa shape index (κ2) is 8.78. The number of carbonyl (C=O) groups is 3. The van der Waals surface area contributed by atoms with E-state index in [0.29, 0.717) is 12.8 Å². The Hall–Kier alpha value is -3.35. The quantitative estimate of drug-likeness (QED) is 0.660. The maximum absolute atomic E-state index is 13.3. The Bertz CT molecular complexity index is 1080. The Morgan fingerprint density at radius 3 is 2.21 bits per heavy atom. The highest BCUT2D eigenvalue weighted by Crippen LogP contribution is 2.45. The van der Waals surface area contributed by atoms with Gasteiger partial charge < -0.3 is 20.1 Å². The fraction of sp³-hybridized carbons (Fsp3) is 0.444. The number of alkyl carbamates (subject to hydrolysis) is 1. The lowest BCUT2D eigenvalue weighted by atomic mass is 9.82. The van der Waals surface area contributed by atoms with Crippen LogP contribution in [0.15, 0.2) is 48.5 Å². The molecule has 0 saturated heterocycles. The molecule has 180 valence electrons. The van der Waals surface area contributed by atoms with Crippen molar-refractivity contribution in [2.24, 2.45) is 5.41 Å². The number of hydrogen-bond donors (Lipinski definition) is 2. The highest BCUT2D eigenvalue weighted by Gasteiger charge is 2.50. The number of aliphatic carboxylic acids is 1. The van der Waals surface area contributed by atoms with Crippen LogP contribution in [0.2, 0.25) is 0 Å². The summed E-state index contributed by atoms with van der Waals surface area (Å²) in [4.78, 5) is 39.1. The lowest BCUT2D eigenvalue weighted by Gasteiger charge is -2.39. The number of carbonyl (C=O) groups excluding carboxylic acids is 2. The number of nitrogens with zero attached hydrogens (tertiary/aromatic N) is 1. The van der Waals surface area contributed by atoms with Gasteiger partial charge in [0.15, 0.2) is 0 Å². The molecule has 4 rings (SSSR count). The van der Waals surface area contributed by atoms with E-state index in [1.165, 1.54) is 25.8 Å². The first-order valence-electron chi connectivity index (χ1n) is 11.7. The fourth-order valence-corrected chi connectivity index (χ4v) is 5.22. The molecule has 0 spiro atoms. The van der Waals surface area contributed by atoms with Gasteiger partial charge in [-0.1, -0.05) is 55.0 Å². The number of fused-ring (bicyclic) bond motifs is 3. The smallest absolute Gasteiger partial charge is 0.407 e. The van der Waals surface area contributed by atoms with Gasteiger partial charge in [-0.2, -0.15) is 0 Å². The van der Waals surface area contributed by atoms with Gasteiger partial charge in [-0.3, -0.25) is 4.79 Å². The molecular formula is C27H32N2O5. The third-order valence-corrected chi connectivity index (χ3v) is 7.75. The Kier molecular flexibility index (Phi) is 6.14. The van der Waals surface area contributed by atoms with Gasteiger partial charge in [-0.25, -0.2) is 9.59 Å². The summed E-state index contributed by atoms with van der Waals surface area (Å²) in [6, 6.07) is 15.9. The minimum Gasteiger partial charge on any atom is -0.480 e. The van der Waals surface area contributed by atoms with Gasteiger partial charge in [0.1, 0.15) is 12.1 Å². The Labute approximate surface area is 200 Å². The van der Waals surface area contributed by atoms with Crippen molar-refractivity contribution in [1.29, 1.82) is 0 Å². The van der Waals surface area contributed by atoms with Crippen molar-refractivity contribution in [2.75, 3.05) is 13.7 Å². The van der Waals surface area contributed by atoms with Crippen LogP contribution in [-0.2, 0) is 14.3 Å². The summed E-state index contributed by atoms with van der Waals surface area (Å²) in [6.07, 6.45) is 1.40. The molecule has 2 atom stereocenters. The van der Waals surface area contributed by atoms with Crippen molar-refractivity contribution >= 4 is 18.0 Å². The van der Waals surface area contributed by atoms with E-state index >= 15 is 0 Å². The summed E-state index contributed by atoms with van der Waals surface area (Å²) < 4.78 is 5.67. The number of likely N-dealkylation sites (N-methyl/N-ethyl adjacent to an activating group) is 1. The number of rotatable bonds is 6. The molecule has 2 amide bonds. The molecule has 2 aromatic rings. The van der Waals surface area contributed by atoms with Crippen LogP contribution in [0.4, 0.5) is 4.79 Å². The van der Waals surface area contributed by atoms with Crippen molar-refractivity contribution < 1.29 is 24.2 Å². The van der Waals surface area contributed by atoms with E-state index in [1.54, 1.807) is 6.92 Å². The standard InChI is InChI=1S/C27H32N2O5/c1-26(2,24(31)32)29(4)23(30)27(3)15-9-14-22(27)28-25(33)34-16-21-19-12-7-5-10-17(19)18-11-6-8-13-20(18)21/h5-8,10-13,21-22H,9,14-16H2,1-4H3,(H,28,33)(H,31,32). The number of nitrogens with one attached hydrogen (secondary N) is 1. The summed E-state index contributed by atoms with van der Waals surface area (Å²) in [7, 11) is 1.50. The van der Waals surface area contributed by atoms with Gasteiger partial charge in [0.2, 0.25) is 5.91 Å². The number of carboxylic acids is 1. The van der Waals surface area contributed by atoms with Crippen molar-refractivity contribution in [3.8, 4) is 11.1 Å². The maximum atomic E-state index is 13.3. The first-order valence-corrected chi connectivity index (χ1v) is 11.7. The van der Waals surface area contributed by atoms with Gasteiger partial charge in [-0.15, -0.1) is 0 Å². The summed E-state index contributed by atoms with van der Waals surface area (Å²) in [5.41, 5.74) is 2.34. The van der Waals surface area contributed by atoms with Crippen LogP contribution in [0.5, 0.6) is 0 Å². The second-order valence-electron chi connectivity index (χ2n) is 10.1. The third kappa shape index (κ3) is 3.93. The Morgan fingerprint density at radius 2 is 1.65 bits per heavy atom. The molecule has 2 aliphatic rings. The predicted octanol–water partition coefficient (Wildman–Crippen LogP) is 4.41. The summed E-state index contributed by atoms with van der Waals surface area (Å²) in [5, 5.41) is 12.4. The molecule has 0 radical (unpaired) electrons. The van der Waals surface area contributed by atoms with Gasteiger partial charge in [0, 0.05) is 19.0 Å². The average molecular weight is 465 g/mol. The maximum Gasteiger partial charge on any atom is 0.407 e. The minimum absolute atomic E-state index is 0.0442. The van der Waals surface area contributed by atoms with Gasteiger partial charge in [-0.05, 0) is 55.9 Å². The number of benzene rings is 2. The molecule has 2 unspecified atom stereocenters. The average Bonchev–Trinajstić information content (AvgIpc) is 3.35. The third-order valence-electron chi connectivity index (χ3n) is 7.75. The van der Waals surface area contributed by atoms with Crippen LogP contribution in [0.3, 0.4) is 0 Å². The topological polar surface area (TPSA) is 95.9 Å². The highest BCUT2D eigenvalue weighted by atomic mass is 16.5. The van der Waals surface area contributed by atoms with Crippen molar-refractivity contribution in [1.82, 2.24) is 10.2 Å². The minimum atomic E-state index is -1.35. The highest BCUT2D eigenvalue weighted by molar-refractivity contribution is 5.90. The van der Waals surface area contributed by atoms with Crippen LogP contribution in [-0.4, -0.2) is 53.2 Å². The number of carboxylic acid groups (broad SMARTS) is 1. The molecular weight excluding hydrogens is 432 g/mol. The lowest BCUT2D eigenvalue weighted by Crippen LogP contribution is -2.58. The summed E-state index contributed by atoms with van der Waals surface area (Å²) >= 11 is 0. The normalized spacial score (nSPS) is 21.5. The molecule has 0 heterocycles. The molecule has 7 heteroatoms. The largest absolute Gasteiger partial charge is 0.480 e. The van der Waals surface area contributed by atoms with Crippen LogP contribution in [0, 0.1) is 5.41 Å². The molecule has 1 fully saturated rings. The van der Waals surface area contributed by atoms with Crippen LogP contribution < -0.4 is 5.32 Å². The van der Waals surface area contributed by atoms with E-state index < -0.39 is 29.1 Å². The fourth-order valence-electron chi connectivity index (χ4n) is 5.22. The van der Waals surface area contributed by atoms with E-state index in [9.17, 15) is 19.5 Å². The molecule has 0 bridgehead atoms. The SMILES string of the molecule is CN(C(=O)C1(C)CCCC1NC(=O)OCC1c2ccccc2-c2ccccc21)C(C)(C)C(=O)O. The zero-order chi connectivity index (χ0) is 24.7. The number of ether oxygens (including phenoxy) is 1. The number of hydrogen-bond acceptors (Lipinski definition) is 4. The monoisotopic (exact) mass is 464 g/mol. The van der Waals surface area contributed by atoms with Crippen molar-refractivity contribution in [3.63, 3.8) is 0 Å². The van der Waals surface area contributed by atoms with Crippen LogP contribution >= 0.6 is 0 Å². The van der Waals surface area contributed by atoms with E-state index in [1.807, 2.05) is 24.3 Å². The van der Waals surface area contributed by atoms with Crippen molar-refractivity contribution in [3.05, 3.63) is 59.7 Å². The van der Waals surface area contributed by atoms with E-state index in [2.05, 4.69) is 29.6 Å². The lowest BCUT2D eigenvalue weighted by molar-refractivity contribution is -0.160. The van der Waals surface area contributed by atoms with E-state index in [0.717, 1.165) is 28.7 Å². The second-order valence-corrected chi connectivity index (χ2v) is 10.1. The first-order chi connectivity index (χ1) is 16.1. The number of amides is 2. The van der Waals surface area contributed by atoms with Crippen LogP contribution in [0.25, 0.3) is 11.1 Å². The zero-order valence-electron chi connectivity index (χ0n) is 20.1. The van der Waals surface area contributed by atoms with Gasteiger partial charge in [0.05, 0.1) is 5.41 Å². The van der Waals surface area contributed by atoms with E-state index in [4.69, 9.17) is 4.74 Å². The van der Waals surface area contributed by atoms with Gasteiger partial charge in [0.25, 0.3) is 0 Å². The summed E-state index contributed by atoms with van der Waals surface area (Å²) in [5.74, 6) is -1.41. The van der Waals surface area contributed by atoms with Crippen LogP contribution in [0.1, 0.15) is 57.1 Å². The Balaban J connectivity index is 1.44. The molecule has 2 aromatic carbocycles. The molecule has 0 aliphatic heterocycles. The van der Waals surface area contributed by atoms with Crippen molar-refractivity contribution in [2.45, 2.75) is 57.5 Å². The molecule has 2 aliphatic carbocycles. The first kappa shape index (κ1) is 23.8. The van der Waals surface area contributed by atoms with Gasteiger partial charge >= 0.3 is 12.1 Å². The van der Waals surface area contributed by atoms with E-state index in [-0.39, 0.29) is 18.4 Å². The zero-order valence-corrected chi connectivity index (χ0v) is 20.1. The molecule has 0 aromatic heterocycles. The molecule has 1 saturated carbocycles. The molecule has 7 nitrogen and oxygen atoms in total. The molecule has 2 N–H and O–H groups in total.